The zero-order valence-corrected chi connectivity index (χ0v) is 12.7. The Hall–Kier alpha value is -0.430. The van der Waals surface area contributed by atoms with Gasteiger partial charge in [0.25, 0.3) is 10.0 Å². The van der Waals surface area contributed by atoms with Gasteiger partial charge in [-0.25, -0.2) is 12.7 Å². The van der Waals surface area contributed by atoms with Crippen LogP contribution in [0, 0.1) is 0 Å². The van der Waals surface area contributed by atoms with Gasteiger partial charge in [0.1, 0.15) is 0 Å². The van der Waals surface area contributed by atoms with Gasteiger partial charge in [-0.2, -0.15) is 0 Å². The third kappa shape index (κ3) is 2.14. The highest BCUT2D eigenvalue weighted by atomic mass is 79.9. The van der Waals surface area contributed by atoms with Crippen molar-refractivity contribution in [1.82, 2.24) is 4.31 Å². The Labute approximate surface area is 113 Å². The maximum atomic E-state index is 12.3. The van der Waals surface area contributed by atoms with Crippen LogP contribution in [0.2, 0.25) is 0 Å². The number of halogens is 1. The van der Waals surface area contributed by atoms with Gasteiger partial charge in [-0.15, -0.1) is 11.3 Å². The molecule has 0 unspecified atom stereocenters. The van der Waals surface area contributed by atoms with Crippen molar-refractivity contribution in [2.45, 2.75) is 11.1 Å². The predicted molar refractivity (Wildman–Crippen MR) is 75.0 cm³/mol. The first kappa shape index (κ1) is 13.0. The maximum absolute atomic E-state index is 12.3. The summed E-state index contributed by atoms with van der Waals surface area (Å²) in [5.74, 6) is 0. The van der Waals surface area contributed by atoms with Crippen LogP contribution in [0.25, 0.3) is 10.1 Å². The smallest absolute Gasteiger partial charge is 0.206 e. The molecule has 0 saturated heterocycles. The summed E-state index contributed by atoms with van der Waals surface area (Å²) >= 11 is 4.69. The number of hydrogen-bond donors (Lipinski definition) is 0. The molecule has 1 aromatic heterocycles. The molecule has 0 radical (unpaired) electrons. The summed E-state index contributed by atoms with van der Waals surface area (Å²) in [4.78, 5) is 0. The van der Waals surface area contributed by atoms with E-state index in [2.05, 4.69) is 15.9 Å². The number of thiophene rings is 1. The Balaban J connectivity index is 2.68. The quantitative estimate of drug-likeness (QED) is 0.864. The molecule has 0 aliphatic carbocycles. The third-order valence-electron chi connectivity index (χ3n) is 2.60. The molecule has 92 valence electrons. The molecule has 0 saturated carbocycles. The monoisotopic (exact) mass is 333 g/mol. The van der Waals surface area contributed by atoms with Crippen molar-refractivity contribution in [2.75, 3.05) is 13.6 Å². The van der Waals surface area contributed by atoms with E-state index in [9.17, 15) is 8.42 Å². The first-order valence-corrected chi connectivity index (χ1v) is 8.16. The van der Waals surface area contributed by atoms with E-state index < -0.39 is 10.0 Å². The van der Waals surface area contributed by atoms with Crippen molar-refractivity contribution in [3.05, 3.63) is 28.7 Å². The van der Waals surface area contributed by atoms with Crippen LogP contribution < -0.4 is 0 Å². The average Bonchev–Trinajstić information content (AvgIpc) is 2.67. The van der Waals surface area contributed by atoms with Crippen LogP contribution in [-0.2, 0) is 10.0 Å². The fourth-order valence-corrected chi connectivity index (χ4v) is 5.66. The lowest BCUT2D eigenvalue weighted by Gasteiger charge is -2.13. The summed E-state index contributed by atoms with van der Waals surface area (Å²) < 4.78 is 27.9. The summed E-state index contributed by atoms with van der Waals surface area (Å²) in [6.45, 7) is 2.28. The molecule has 2 aromatic rings. The van der Waals surface area contributed by atoms with Crippen LogP contribution in [0.15, 0.2) is 32.9 Å². The maximum Gasteiger partial charge on any atom is 0.253 e. The largest absolute Gasteiger partial charge is 0.253 e. The van der Waals surface area contributed by atoms with Gasteiger partial charge in [-0.05, 0) is 22.0 Å². The molecule has 1 aromatic carbocycles. The van der Waals surface area contributed by atoms with E-state index in [-0.39, 0.29) is 0 Å². The molecular formula is C11H12BrNO2S2. The second-order valence-electron chi connectivity index (χ2n) is 3.62. The highest BCUT2D eigenvalue weighted by molar-refractivity contribution is 9.10. The number of nitrogens with zero attached hydrogens (tertiary/aromatic N) is 1. The van der Waals surface area contributed by atoms with Crippen LogP contribution in [-0.4, -0.2) is 26.3 Å². The van der Waals surface area contributed by atoms with Crippen molar-refractivity contribution >= 4 is 47.4 Å². The zero-order chi connectivity index (χ0) is 12.6. The Morgan fingerprint density at radius 1 is 1.35 bits per heavy atom. The molecule has 0 N–H and O–H groups in total. The van der Waals surface area contributed by atoms with E-state index in [4.69, 9.17) is 0 Å². The first-order valence-electron chi connectivity index (χ1n) is 5.12. The first-order chi connectivity index (χ1) is 7.98. The Bertz CT molecular complexity index is 649. The second-order valence-corrected chi connectivity index (χ2v) is 7.70. The summed E-state index contributed by atoms with van der Waals surface area (Å²) in [6, 6.07) is 7.65. The normalized spacial score (nSPS) is 12.5. The number of sulfonamides is 1. The molecule has 0 bridgehead atoms. The number of fused-ring (bicyclic) bond motifs is 1. The SMILES string of the molecule is CCN(C)S(=O)(=O)c1sc2ccccc2c1Br. The van der Waals surface area contributed by atoms with E-state index >= 15 is 0 Å². The molecule has 0 spiro atoms. The highest BCUT2D eigenvalue weighted by Crippen LogP contribution is 2.39. The van der Waals surface area contributed by atoms with Gasteiger partial charge in [0.15, 0.2) is 4.21 Å². The van der Waals surface area contributed by atoms with Gasteiger partial charge in [0.2, 0.25) is 0 Å². The van der Waals surface area contributed by atoms with E-state index in [0.717, 1.165) is 10.1 Å². The fraction of sp³-hybridized carbons (Fsp3) is 0.273. The molecule has 6 heteroatoms. The molecule has 0 atom stereocenters. The standard InChI is InChI=1S/C11H12BrNO2S2/c1-3-13(2)17(14,15)11-10(12)8-6-4-5-7-9(8)16-11/h4-7H,3H2,1-2H3. The van der Waals surface area contributed by atoms with Crippen LogP contribution in [0.5, 0.6) is 0 Å². The third-order valence-corrected chi connectivity index (χ3v) is 7.54. The number of benzene rings is 1. The fourth-order valence-electron chi connectivity index (χ4n) is 1.47. The van der Waals surface area contributed by atoms with Gasteiger partial charge in [0.05, 0.1) is 4.47 Å². The van der Waals surface area contributed by atoms with Crippen LogP contribution in [0.4, 0.5) is 0 Å². The van der Waals surface area contributed by atoms with Crippen LogP contribution >= 0.6 is 27.3 Å². The van der Waals surface area contributed by atoms with E-state index in [1.54, 1.807) is 7.05 Å². The average molecular weight is 334 g/mol. The summed E-state index contributed by atoms with van der Waals surface area (Å²) in [6.07, 6.45) is 0. The summed E-state index contributed by atoms with van der Waals surface area (Å²) in [5.41, 5.74) is 0. The van der Waals surface area contributed by atoms with Crippen LogP contribution in [0.1, 0.15) is 6.92 Å². The highest BCUT2D eigenvalue weighted by Gasteiger charge is 2.25. The van der Waals surface area contributed by atoms with Crippen molar-refractivity contribution in [2.24, 2.45) is 0 Å². The van der Waals surface area contributed by atoms with E-state index in [0.29, 0.717) is 15.2 Å². The van der Waals surface area contributed by atoms with E-state index in [1.165, 1.54) is 15.6 Å². The minimum Gasteiger partial charge on any atom is -0.206 e. The van der Waals surface area contributed by atoms with Crippen LogP contribution in [0.3, 0.4) is 0 Å². The minimum atomic E-state index is -3.38. The Morgan fingerprint density at radius 3 is 2.59 bits per heavy atom. The molecule has 2 rings (SSSR count). The Morgan fingerprint density at radius 2 is 2.00 bits per heavy atom. The van der Waals surface area contributed by atoms with Crippen molar-refractivity contribution in [1.29, 1.82) is 0 Å². The number of hydrogen-bond acceptors (Lipinski definition) is 3. The molecule has 17 heavy (non-hydrogen) atoms. The molecule has 0 amide bonds. The van der Waals surface area contributed by atoms with E-state index in [1.807, 2.05) is 31.2 Å². The lowest BCUT2D eigenvalue weighted by molar-refractivity contribution is 0.488. The van der Waals surface area contributed by atoms with Gasteiger partial charge >= 0.3 is 0 Å². The van der Waals surface area contributed by atoms with Gasteiger partial charge in [0, 0.05) is 23.7 Å². The van der Waals surface area contributed by atoms with Crippen molar-refractivity contribution in [3.63, 3.8) is 0 Å². The molecular weight excluding hydrogens is 322 g/mol. The molecule has 1 heterocycles. The molecule has 3 nitrogen and oxygen atoms in total. The molecule has 0 fully saturated rings. The predicted octanol–water partition coefficient (Wildman–Crippen LogP) is 3.30. The summed E-state index contributed by atoms with van der Waals surface area (Å²) in [5, 5.41) is 0.945. The molecule has 0 aliphatic heterocycles. The van der Waals surface area contributed by atoms with Gasteiger partial charge in [-0.3, -0.25) is 0 Å². The van der Waals surface area contributed by atoms with Gasteiger partial charge < -0.3 is 0 Å². The zero-order valence-electron chi connectivity index (χ0n) is 9.47. The second kappa shape index (κ2) is 4.68. The lowest BCUT2D eigenvalue weighted by atomic mass is 10.3. The minimum absolute atomic E-state index is 0.378. The van der Waals surface area contributed by atoms with Gasteiger partial charge in [-0.1, -0.05) is 25.1 Å². The van der Waals surface area contributed by atoms with Crippen molar-refractivity contribution < 1.29 is 8.42 Å². The topological polar surface area (TPSA) is 37.4 Å². The van der Waals surface area contributed by atoms with Crippen molar-refractivity contribution in [3.8, 4) is 0 Å². The summed E-state index contributed by atoms with van der Waals surface area (Å²) in [7, 11) is -1.79. The molecule has 0 aliphatic rings. The number of rotatable bonds is 3. The lowest BCUT2D eigenvalue weighted by Crippen LogP contribution is -2.26. The Kier molecular flexibility index (Phi) is 3.58.